The van der Waals surface area contributed by atoms with Crippen LogP contribution in [0.5, 0.6) is 0 Å². The molecule has 1 heterocycles. The maximum Gasteiger partial charge on any atom is 0.101 e. The van der Waals surface area contributed by atoms with Gasteiger partial charge in [-0.05, 0) is 23.3 Å². The molecule has 0 aliphatic carbocycles. The monoisotopic (exact) mass is 285 g/mol. The first-order valence-electron chi connectivity index (χ1n) is 6.47. The van der Waals surface area contributed by atoms with Gasteiger partial charge in [0.25, 0.3) is 0 Å². The summed E-state index contributed by atoms with van der Waals surface area (Å²) in [6.07, 6.45) is 3.28. The molecule has 2 aromatic rings. The summed E-state index contributed by atoms with van der Waals surface area (Å²) in [5, 5.41) is 13.0. The number of nitrogens with one attached hydrogen (secondary N) is 1. The van der Waals surface area contributed by atoms with Crippen LogP contribution in [0.3, 0.4) is 0 Å². The van der Waals surface area contributed by atoms with Crippen molar-refractivity contribution in [2.24, 2.45) is 0 Å². The minimum atomic E-state index is 0.419. The number of pyridine rings is 1. The van der Waals surface area contributed by atoms with Gasteiger partial charge in [-0.15, -0.1) is 0 Å². The Morgan fingerprint density at radius 3 is 2.70 bits per heavy atom. The quantitative estimate of drug-likeness (QED) is 0.930. The van der Waals surface area contributed by atoms with Gasteiger partial charge < -0.3 is 5.32 Å². The minimum absolute atomic E-state index is 0.419. The second kappa shape index (κ2) is 6.51. The van der Waals surface area contributed by atoms with Crippen molar-refractivity contribution in [3.05, 3.63) is 52.8 Å². The molecule has 2 rings (SSSR count). The summed E-state index contributed by atoms with van der Waals surface area (Å²) in [7, 11) is 0. The molecule has 0 atom stereocenters. The third-order valence-electron chi connectivity index (χ3n) is 2.95. The largest absolute Gasteiger partial charge is 0.310 e. The summed E-state index contributed by atoms with van der Waals surface area (Å²) in [6, 6.07) is 10.2. The van der Waals surface area contributed by atoms with E-state index in [4.69, 9.17) is 16.9 Å². The number of aromatic nitrogens is 1. The van der Waals surface area contributed by atoms with Gasteiger partial charge in [0.15, 0.2) is 0 Å². The molecule has 0 spiro atoms. The molecule has 0 saturated carbocycles. The van der Waals surface area contributed by atoms with Crippen LogP contribution in [0.15, 0.2) is 36.7 Å². The zero-order valence-corrected chi connectivity index (χ0v) is 12.3. The fourth-order valence-corrected chi connectivity index (χ4v) is 2.09. The summed E-state index contributed by atoms with van der Waals surface area (Å²) < 4.78 is 0. The second-order valence-electron chi connectivity index (χ2n) is 4.92. The SMILES string of the molecule is CC(C)NCc1ccc(-c2cncc(C#N)c2)cc1Cl. The van der Waals surface area contributed by atoms with Crippen LogP contribution in [0.25, 0.3) is 11.1 Å². The lowest BCUT2D eigenvalue weighted by Crippen LogP contribution is -2.21. The number of nitrogens with zero attached hydrogens (tertiary/aromatic N) is 2. The van der Waals surface area contributed by atoms with Crippen molar-refractivity contribution in [1.82, 2.24) is 10.3 Å². The van der Waals surface area contributed by atoms with E-state index in [1.165, 1.54) is 0 Å². The second-order valence-corrected chi connectivity index (χ2v) is 5.32. The van der Waals surface area contributed by atoms with Crippen molar-refractivity contribution in [1.29, 1.82) is 5.26 Å². The highest BCUT2D eigenvalue weighted by atomic mass is 35.5. The topological polar surface area (TPSA) is 48.7 Å². The highest BCUT2D eigenvalue weighted by Gasteiger charge is 2.05. The van der Waals surface area contributed by atoms with Crippen LogP contribution in [-0.4, -0.2) is 11.0 Å². The molecule has 0 aliphatic rings. The average molecular weight is 286 g/mol. The van der Waals surface area contributed by atoms with E-state index in [-0.39, 0.29) is 0 Å². The Kier molecular flexibility index (Phi) is 4.73. The standard InChI is InChI=1S/C16H16ClN3/c1-11(2)20-10-14-4-3-13(6-16(14)17)15-5-12(7-18)8-19-9-15/h3-6,8-9,11,20H,10H2,1-2H3. The van der Waals surface area contributed by atoms with E-state index in [9.17, 15) is 0 Å². The van der Waals surface area contributed by atoms with Crippen molar-refractivity contribution < 1.29 is 0 Å². The predicted molar refractivity (Wildman–Crippen MR) is 81.4 cm³/mol. The van der Waals surface area contributed by atoms with Crippen LogP contribution < -0.4 is 5.32 Å². The summed E-state index contributed by atoms with van der Waals surface area (Å²) in [5.74, 6) is 0. The molecule has 1 aromatic carbocycles. The van der Waals surface area contributed by atoms with Crippen LogP contribution in [-0.2, 0) is 6.54 Å². The molecular weight excluding hydrogens is 270 g/mol. The normalized spacial score (nSPS) is 10.6. The molecule has 1 N–H and O–H groups in total. The zero-order valence-electron chi connectivity index (χ0n) is 11.5. The summed E-state index contributed by atoms with van der Waals surface area (Å²) >= 11 is 6.31. The number of nitriles is 1. The van der Waals surface area contributed by atoms with Crippen LogP contribution in [0.1, 0.15) is 25.0 Å². The number of halogens is 1. The van der Waals surface area contributed by atoms with E-state index < -0.39 is 0 Å². The number of hydrogen-bond acceptors (Lipinski definition) is 3. The van der Waals surface area contributed by atoms with E-state index in [2.05, 4.69) is 30.2 Å². The Morgan fingerprint density at radius 1 is 1.25 bits per heavy atom. The first-order chi connectivity index (χ1) is 9.60. The highest BCUT2D eigenvalue weighted by molar-refractivity contribution is 6.31. The summed E-state index contributed by atoms with van der Waals surface area (Å²) in [4.78, 5) is 4.07. The number of benzene rings is 1. The van der Waals surface area contributed by atoms with Gasteiger partial charge in [-0.3, -0.25) is 4.98 Å². The van der Waals surface area contributed by atoms with Gasteiger partial charge in [0.05, 0.1) is 5.56 Å². The van der Waals surface area contributed by atoms with Gasteiger partial charge in [0.2, 0.25) is 0 Å². The van der Waals surface area contributed by atoms with Crippen LogP contribution >= 0.6 is 11.6 Å². The molecule has 0 aliphatic heterocycles. The molecule has 0 amide bonds. The Balaban J connectivity index is 2.26. The van der Waals surface area contributed by atoms with E-state index in [1.807, 2.05) is 24.3 Å². The third kappa shape index (κ3) is 3.57. The van der Waals surface area contributed by atoms with E-state index in [1.54, 1.807) is 12.4 Å². The molecule has 102 valence electrons. The molecular formula is C16H16ClN3. The van der Waals surface area contributed by atoms with Crippen LogP contribution in [0, 0.1) is 11.3 Å². The zero-order chi connectivity index (χ0) is 14.5. The highest BCUT2D eigenvalue weighted by Crippen LogP contribution is 2.25. The average Bonchev–Trinajstić information content (AvgIpc) is 2.46. The first kappa shape index (κ1) is 14.5. The first-order valence-corrected chi connectivity index (χ1v) is 6.85. The van der Waals surface area contributed by atoms with E-state index in [0.717, 1.165) is 28.3 Å². The molecule has 1 aromatic heterocycles. The molecule has 0 saturated heterocycles. The smallest absolute Gasteiger partial charge is 0.101 e. The molecule has 0 fully saturated rings. The fraction of sp³-hybridized carbons (Fsp3) is 0.250. The van der Waals surface area contributed by atoms with Crippen molar-refractivity contribution >= 4 is 11.6 Å². The van der Waals surface area contributed by atoms with Gasteiger partial charge in [0.1, 0.15) is 6.07 Å². The lowest BCUT2D eigenvalue weighted by Gasteiger charge is -2.11. The fourth-order valence-electron chi connectivity index (χ4n) is 1.84. The third-order valence-corrected chi connectivity index (χ3v) is 3.31. The number of rotatable bonds is 4. The summed E-state index contributed by atoms with van der Waals surface area (Å²) in [6.45, 7) is 4.94. The van der Waals surface area contributed by atoms with Gasteiger partial charge >= 0.3 is 0 Å². The molecule has 0 radical (unpaired) electrons. The van der Waals surface area contributed by atoms with E-state index >= 15 is 0 Å². The maximum absolute atomic E-state index is 8.91. The molecule has 0 unspecified atom stereocenters. The van der Waals surface area contributed by atoms with Gasteiger partial charge in [-0.25, -0.2) is 0 Å². The van der Waals surface area contributed by atoms with Gasteiger partial charge in [-0.1, -0.05) is 37.6 Å². The van der Waals surface area contributed by atoms with Crippen LogP contribution in [0.2, 0.25) is 5.02 Å². The van der Waals surface area contributed by atoms with Gasteiger partial charge in [0, 0.05) is 35.6 Å². The van der Waals surface area contributed by atoms with Crippen LogP contribution in [0.4, 0.5) is 0 Å². The Bertz CT molecular complexity index is 644. The molecule has 20 heavy (non-hydrogen) atoms. The Morgan fingerprint density at radius 2 is 2.05 bits per heavy atom. The van der Waals surface area contributed by atoms with Crippen molar-refractivity contribution in [3.63, 3.8) is 0 Å². The minimum Gasteiger partial charge on any atom is -0.310 e. The summed E-state index contributed by atoms with van der Waals surface area (Å²) in [5.41, 5.74) is 3.47. The molecule has 4 heteroatoms. The maximum atomic E-state index is 8.91. The van der Waals surface area contributed by atoms with E-state index in [0.29, 0.717) is 11.6 Å². The Hall–Kier alpha value is -1.89. The predicted octanol–water partition coefficient (Wildman–Crippen LogP) is 3.77. The van der Waals surface area contributed by atoms with Gasteiger partial charge in [-0.2, -0.15) is 5.26 Å². The van der Waals surface area contributed by atoms with Crippen molar-refractivity contribution in [2.75, 3.05) is 0 Å². The lowest BCUT2D eigenvalue weighted by molar-refractivity contribution is 0.589. The molecule has 3 nitrogen and oxygen atoms in total. The lowest BCUT2D eigenvalue weighted by atomic mass is 10.0. The Labute approximate surface area is 124 Å². The number of hydrogen-bond donors (Lipinski definition) is 1. The van der Waals surface area contributed by atoms with Crippen molar-refractivity contribution in [3.8, 4) is 17.2 Å². The molecule has 0 bridgehead atoms. The van der Waals surface area contributed by atoms with Crippen molar-refractivity contribution in [2.45, 2.75) is 26.4 Å².